The number of sulfone groups is 1. The number of rotatable bonds is 4. The summed E-state index contributed by atoms with van der Waals surface area (Å²) < 4.78 is 31.6. The van der Waals surface area contributed by atoms with Crippen LogP contribution in [-0.2, 0) is 9.84 Å². The van der Waals surface area contributed by atoms with Gasteiger partial charge in [-0.2, -0.15) is 14.6 Å². The summed E-state index contributed by atoms with van der Waals surface area (Å²) in [5.41, 5.74) is 6.92. The van der Waals surface area contributed by atoms with Crippen LogP contribution in [0, 0.1) is 0 Å². The Balaban J connectivity index is 1.73. The maximum absolute atomic E-state index is 13.3. The highest BCUT2D eigenvalue weighted by Crippen LogP contribution is 2.34. The number of likely N-dealkylation sites (tertiary alicyclic amines) is 1. The molecule has 1 unspecified atom stereocenters. The minimum absolute atomic E-state index is 0.0814. The molecule has 0 aliphatic carbocycles. The van der Waals surface area contributed by atoms with E-state index >= 15 is 0 Å². The first-order valence-electron chi connectivity index (χ1n) is 9.51. The van der Waals surface area contributed by atoms with Gasteiger partial charge in [0.15, 0.2) is 9.84 Å². The van der Waals surface area contributed by atoms with Crippen LogP contribution in [0.5, 0.6) is 5.75 Å². The molecule has 12 heteroatoms. The van der Waals surface area contributed by atoms with Crippen molar-refractivity contribution in [2.24, 2.45) is 0 Å². The van der Waals surface area contributed by atoms with Gasteiger partial charge < -0.3 is 15.4 Å². The van der Waals surface area contributed by atoms with Gasteiger partial charge in [0.2, 0.25) is 0 Å². The van der Waals surface area contributed by atoms with Crippen LogP contribution in [0.1, 0.15) is 34.8 Å². The number of methoxy groups -OCH3 is 1. The van der Waals surface area contributed by atoms with Crippen LogP contribution in [0.4, 0.5) is 5.69 Å². The molecule has 2 aromatic heterocycles. The number of aromatic nitrogens is 4. The normalized spacial score (nSPS) is 17.1. The van der Waals surface area contributed by atoms with Crippen molar-refractivity contribution >= 4 is 38.8 Å². The molecule has 1 aliphatic rings. The van der Waals surface area contributed by atoms with Crippen molar-refractivity contribution in [1.82, 2.24) is 24.5 Å². The van der Waals surface area contributed by atoms with E-state index in [9.17, 15) is 13.2 Å². The van der Waals surface area contributed by atoms with E-state index in [-0.39, 0.29) is 21.7 Å². The molecule has 1 aliphatic heterocycles. The Hall–Kier alpha value is -2.92. The molecule has 2 N–H and O–H groups in total. The van der Waals surface area contributed by atoms with E-state index in [0.717, 1.165) is 6.26 Å². The molecular weight excluding hydrogens is 444 g/mol. The van der Waals surface area contributed by atoms with Crippen LogP contribution in [0.15, 0.2) is 29.6 Å². The van der Waals surface area contributed by atoms with E-state index in [1.807, 2.05) is 0 Å². The molecule has 0 spiro atoms. The van der Waals surface area contributed by atoms with E-state index in [1.165, 1.54) is 36.3 Å². The zero-order valence-electron chi connectivity index (χ0n) is 16.9. The number of anilines is 1. The van der Waals surface area contributed by atoms with Gasteiger partial charge in [-0.1, -0.05) is 11.6 Å². The number of carbonyl (C=O) groups is 1. The van der Waals surface area contributed by atoms with Crippen molar-refractivity contribution in [2.45, 2.75) is 23.7 Å². The van der Waals surface area contributed by atoms with Crippen LogP contribution < -0.4 is 10.5 Å². The number of nitrogens with zero attached hydrogens (tertiary/aromatic N) is 5. The molecule has 10 nitrogen and oxygen atoms in total. The van der Waals surface area contributed by atoms with Crippen molar-refractivity contribution in [1.29, 1.82) is 0 Å². The third-order valence-corrected chi connectivity index (χ3v) is 6.79. The Kier molecular flexibility index (Phi) is 5.48. The van der Waals surface area contributed by atoms with Crippen LogP contribution in [0.2, 0.25) is 5.02 Å². The van der Waals surface area contributed by atoms with Gasteiger partial charge in [-0.25, -0.2) is 13.4 Å². The van der Waals surface area contributed by atoms with Gasteiger partial charge in [-0.3, -0.25) is 4.79 Å². The van der Waals surface area contributed by atoms with Gasteiger partial charge in [0.05, 0.1) is 35.3 Å². The van der Waals surface area contributed by atoms with E-state index in [2.05, 4.69) is 15.1 Å². The Morgan fingerprint density at radius 1 is 1.32 bits per heavy atom. The summed E-state index contributed by atoms with van der Waals surface area (Å²) in [6.45, 7) is 0.811. The second-order valence-corrected chi connectivity index (χ2v) is 9.81. The van der Waals surface area contributed by atoms with Crippen LogP contribution in [0.25, 0.3) is 5.78 Å². The fourth-order valence-electron chi connectivity index (χ4n) is 3.90. The summed E-state index contributed by atoms with van der Waals surface area (Å²) in [4.78, 5) is 23.2. The summed E-state index contributed by atoms with van der Waals surface area (Å²) in [5, 5.41) is 4.43. The number of hydrogen-bond donors (Lipinski definition) is 1. The van der Waals surface area contributed by atoms with Gasteiger partial charge in [-0.05, 0) is 18.9 Å². The topological polar surface area (TPSA) is 133 Å². The summed E-state index contributed by atoms with van der Waals surface area (Å²) in [5.74, 6) is 0.0874. The molecule has 164 valence electrons. The Bertz CT molecular complexity index is 1280. The fraction of sp³-hybridized carbons (Fsp3) is 0.368. The Labute approximate surface area is 183 Å². The first kappa shape index (κ1) is 21.3. The third kappa shape index (κ3) is 3.90. The largest absolute Gasteiger partial charge is 0.496 e. The molecule has 1 fully saturated rings. The molecule has 0 bridgehead atoms. The number of ether oxygens (including phenoxy) is 1. The maximum Gasteiger partial charge on any atom is 0.257 e. The fourth-order valence-corrected chi connectivity index (χ4v) is 4.94. The van der Waals surface area contributed by atoms with Crippen LogP contribution >= 0.6 is 11.6 Å². The molecule has 0 radical (unpaired) electrons. The predicted octanol–water partition coefficient (Wildman–Crippen LogP) is 1.79. The number of amides is 1. The lowest BCUT2D eigenvalue weighted by molar-refractivity contribution is 0.0701. The number of nitrogen functional groups attached to an aromatic ring is 1. The molecule has 1 amide bonds. The molecule has 3 heterocycles. The van der Waals surface area contributed by atoms with Crippen LogP contribution in [-0.4, -0.2) is 65.3 Å². The Morgan fingerprint density at radius 3 is 2.81 bits per heavy atom. The summed E-state index contributed by atoms with van der Waals surface area (Å²) in [7, 11) is -2.12. The number of piperidine rings is 1. The van der Waals surface area contributed by atoms with Crippen molar-refractivity contribution in [3.8, 4) is 5.75 Å². The number of nitrogens with two attached hydrogens (primary N) is 1. The van der Waals surface area contributed by atoms with Crippen molar-refractivity contribution in [3.05, 3.63) is 40.9 Å². The first-order chi connectivity index (χ1) is 14.7. The van der Waals surface area contributed by atoms with Gasteiger partial charge in [0.1, 0.15) is 17.0 Å². The second kappa shape index (κ2) is 7.97. The van der Waals surface area contributed by atoms with E-state index in [4.69, 9.17) is 22.1 Å². The van der Waals surface area contributed by atoms with Gasteiger partial charge in [0.25, 0.3) is 11.7 Å². The van der Waals surface area contributed by atoms with Crippen molar-refractivity contribution in [2.75, 3.05) is 32.2 Å². The SMILES string of the molecule is COc1cc(N)c(Cl)cc1C(=O)N1CCCC(c2c(S(C)(=O)=O)cnc3ncnn23)C1. The number of halogens is 1. The summed E-state index contributed by atoms with van der Waals surface area (Å²) in [6.07, 6.45) is 5.13. The highest BCUT2D eigenvalue weighted by Gasteiger charge is 2.32. The molecule has 31 heavy (non-hydrogen) atoms. The third-order valence-electron chi connectivity index (χ3n) is 5.35. The second-order valence-electron chi connectivity index (χ2n) is 7.42. The first-order valence-corrected chi connectivity index (χ1v) is 11.8. The highest BCUT2D eigenvalue weighted by molar-refractivity contribution is 7.90. The summed E-state index contributed by atoms with van der Waals surface area (Å²) >= 11 is 6.13. The smallest absolute Gasteiger partial charge is 0.257 e. The maximum atomic E-state index is 13.3. The molecule has 4 rings (SSSR count). The van der Waals surface area contributed by atoms with E-state index in [0.29, 0.717) is 54.4 Å². The van der Waals surface area contributed by atoms with E-state index < -0.39 is 9.84 Å². The quantitative estimate of drug-likeness (QED) is 0.578. The average molecular weight is 465 g/mol. The van der Waals surface area contributed by atoms with Gasteiger partial charge in [0, 0.05) is 31.3 Å². The average Bonchev–Trinajstić information content (AvgIpc) is 3.22. The molecular formula is C19H21ClN6O4S. The molecule has 1 atom stereocenters. The number of carbonyl (C=O) groups excluding carboxylic acids is 1. The van der Waals surface area contributed by atoms with Gasteiger partial charge >= 0.3 is 0 Å². The predicted molar refractivity (Wildman–Crippen MR) is 114 cm³/mol. The van der Waals surface area contributed by atoms with Crippen molar-refractivity contribution < 1.29 is 17.9 Å². The van der Waals surface area contributed by atoms with E-state index in [1.54, 1.807) is 4.90 Å². The zero-order chi connectivity index (χ0) is 22.3. The minimum atomic E-state index is -3.57. The van der Waals surface area contributed by atoms with Crippen LogP contribution in [0.3, 0.4) is 0 Å². The number of hydrogen-bond acceptors (Lipinski definition) is 8. The molecule has 0 saturated carbocycles. The standard InChI is InChI=1S/C19H21ClN6O4S/c1-30-15-7-14(21)13(20)6-12(15)18(27)25-5-3-4-11(9-25)17-16(31(2,28)29)8-22-19-23-10-24-26(17)19/h6-8,10-11H,3-5,9,21H2,1-2H3. The number of benzene rings is 1. The lowest BCUT2D eigenvalue weighted by Gasteiger charge is -2.33. The Morgan fingerprint density at radius 2 is 2.10 bits per heavy atom. The molecule has 3 aromatic rings. The minimum Gasteiger partial charge on any atom is -0.496 e. The summed E-state index contributed by atoms with van der Waals surface area (Å²) in [6, 6.07) is 3.01. The number of fused-ring (bicyclic) bond motifs is 1. The monoisotopic (exact) mass is 464 g/mol. The molecule has 1 saturated heterocycles. The van der Waals surface area contributed by atoms with Crippen molar-refractivity contribution in [3.63, 3.8) is 0 Å². The molecule has 1 aromatic carbocycles. The highest BCUT2D eigenvalue weighted by atomic mass is 35.5. The zero-order valence-corrected chi connectivity index (χ0v) is 18.5. The lowest BCUT2D eigenvalue weighted by atomic mass is 9.93. The lowest BCUT2D eigenvalue weighted by Crippen LogP contribution is -2.40. The van der Waals surface area contributed by atoms with Gasteiger partial charge in [-0.15, -0.1) is 0 Å².